The molecular weight excluding hydrogens is 194 g/mol. The van der Waals surface area contributed by atoms with Crippen molar-refractivity contribution in [3.63, 3.8) is 0 Å². The summed E-state index contributed by atoms with van der Waals surface area (Å²) in [6, 6.07) is 0. The Labute approximate surface area is 91.0 Å². The molecule has 1 aliphatic carbocycles. The summed E-state index contributed by atoms with van der Waals surface area (Å²) in [6.07, 6.45) is 2.82. The van der Waals surface area contributed by atoms with Crippen LogP contribution in [0.15, 0.2) is 0 Å². The van der Waals surface area contributed by atoms with Crippen LogP contribution in [0.25, 0.3) is 0 Å². The van der Waals surface area contributed by atoms with Gasteiger partial charge in [-0.05, 0) is 33.1 Å². The van der Waals surface area contributed by atoms with Crippen LogP contribution < -0.4 is 5.32 Å². The Balaban J connectivity index is 2.26. The van der Waals surface area contributed by atoms with Crippen molar-refractivity contribution in [1.29, 1.82) is 0 Å². The van der Waals surface area contributed by atoms with Gasteiger partial charge in [-0.1, -0.05) is 0 Å². The number of hydrogen-bond donors (Lipinski definition) is 2. The average molecular weight is 215 g/mol. The second-order valence-corrected chi connectivity index (χ2v) is 5.06. The number of esters is 1. The van der Waals surface area contributed by atoms with E-state index in [1.54, 1.807) is 0 Å². The minimum atomic E-state index is -0.536. The molecule has 15 heavy (non-hydrogen) atoms. The van der Waals surface area contributed by atoms with Gasteiger partial charge in [-0.15, -0.1) is 0 Å². The highest BCUT2D eigenvalue weighted by Crippen LogP contribution is 2.30. The van der Waals surface area contributed by atoms with Crippen LogP contribution >= 0.6 is 0 Å². The summed E-state index contributed by atoms with van der Waals surface area (Å²) in [6.45, 7) is 4.75. The third-order valence-electron chi connectivity index (χ3n) is 3.04. The Bertz CT molecular complexity index is 234. The maximum atomic E-state index is 11.3. The lowest BCUT2D eigenvalue weighted by Crippen LogP contribution is -2.49. The van der Waals surface area contributed by atoms with E-state index in [-0.39, 0.29) is 5.97 Å². The molecule has 0 amide bonds. The van der Waals surface area contributed by atoms with Crippen LogP contribution in [0.4, 0.5) is 0 Å². The van der Waals surface area contributed by atoms with Crippen molar-refractivity contribution in [2.75, 3.05) is 20.2 Å². The van der Waals surface area contributed by atoms with Gasteiger partial charge in [-0.3, -0.25) is 4.79 Å². The Morgan fingerprint density at radius 2 is 2.13 bits per heavy atom. The van der Waals surface area contributed by atoms with Crippen LogP contribution in [-0.2, 0) is 9.53 Å². The van der Waals surface area contributed by atoms with Crippen LogP contribution in [0.3, 0.4) is 0 Å². The van der Waals surface area contributed by atoms with E-state index < -0.39 is 11.0 Å². The Morgan fingerprint density at radius 3 is 2.53 bits per heavy atom. The maximum Gasteiger partial charge on any atom is 0.312 e. The van der Waals surface area contributed by atoms with E-state index in [2.05, 4.69) is 5.32 Å². The molecule has 0 bridgehead atoms. The summed E-state index contributed by atoms with van der Waals surface area (Å²) in [4.78, 5) is 11.3. The topological polar surface area (TPSA) is 58.6 Å². The molecule has 0 aromatic carbocycles. The molecule has 88 valence electrons. The summed E-state index contributed by atoms with van der Waals surface area (Å²) >= 11 is 0. The van der Waals surface area contributed by atoms with Crippen molar-refractivity contribution in [2.24, 2.45) is 5.41 Å². The fraction of sp³-hybridized carbons (Fsp3) is 0.909. The first kappa shape index (κ1) is 12.5. The molecular formula is C11H21NO3. The summed E-state index contributed by atoms with van der Waals surface area (Å²) in [5.74, 6) is -0.226. The largest absolute Gasteiger partial charge is 0.469 e. The van der Waals surface area contributed by atoms with Crippen LogP contribution in [-0.4, -0.2) is 36.9 Å². The molecule has 0 spiro atoms. The minimum absolute atomic E-state index is 0.226. The Morgan fingerprint density at radius 1 is 1.53 bits per heavy atom. The number of carbonyl (C=O) groups excluding carboxylic acids is 1. The molecule has 0 aromatic heterocycles. The lowest BCUT2D eigenvalue weighted by Gasteiger charge is -2.37. The van der Waals surface area contributed by atoms with Crippen molar-refractivity contribution in [2.45, 2.75) is 38.7 Å². The van der Waals surface area contributed by atoms with Gasteiger partial charge >= 0.3 is 5.97 Å². The third kappa shape index (κ3) is 3.18. The normalized spacial score (nSPS) is 19.5. The minimum Gasteiger partial charge on any atom is -0.469 e. The van der Waals surface area contributed by atoms with E-state index >= 15 is 0 Å². The van der Waals surface area contributed by atoms with Gasteiger partial charge in [0.15, 0.2) is 0 Å². The van der Waals surface area contributed by atoms with Crippen molar-refractivity contribution in [3.05, 3.63) is 0 Å². The molecule has 0 aliphatic heterocycles. The first-order valence-corrected chi connectivity index (χ1v) is 5.41. The quantitative estimate of drug-likeness (QED) is 0.662. The molecule has 4 nitrogen and oxygen atoms in total. The molecule has 0 heterocycles. The van der Waals surface area contributed by atoms with E-state index in [1.807, 2.05) is 13.8 Å². The van der Waals surface area contributed by atoms with Gasteiger partial charge in [-0.2, -0.15) is 0 Å². The molecule has 1 rings (SSSR count). The van der Waals surface area contributed by atoms with Gasteiger partial charge < -0.3 is 15.2 Å². The molecule has 2 N–H and O–H groups in total. The van der Waals surface area contributed by atoms with Gasteiger partial charge in [-0.25, -0.2) is 0 Å². The first-order chi connectivity index (χ1) is 6.90. The van der Waals surface area contributed by atoms with E-state index in [9.17, 15) is 9.90 Å². The van der Waals surface area contributed by atoms with Crippen LogP contribution in [0.5, 0.6) is 0 Å². The van der Waals surface area contributed by atoms with Crippen molar-refractivity contribution < 1.29 is 14.6 Å². The van der Waals surface area contributed by atoms with Gasteiger partial charge in [0.2, 0.25) is 0 Å². The number of aliphatic hydroxyl groups is 1. The molecule has 1 saturated carbocycles. The second kappa shape index (κ2) is 4.49. The number of carbonyl (C=O) groups is 1. The standard InChI is InChI=1S/C11H21NO3/c1-10(2,9(13)15-3)7-12-8-11(14)5-4-6-11/h12,14H,4-8H2,1-3H3. The molecule has 0 radical (unpaired) electrons. The van der Waals surface area contributed by atoms with Gasteiger partial charge in [0.05, 0.1) is 18.1 Å². The third-order valence-corrected chi connectivity index (χ3v) is 3.04. The van der Waals surface area contributed by atoms with Crippen molar-refractivity contribution in [3.8, 4) is 0 Å². The summed E-state index contributed by atoms with van der Waals surface area (Å²) in [5, 5.41) is 13.0. The Kier molecular flexibility index (Phi) is 3.73. The number of rotatable bonds is 5. The van der Waals surface area contributed by atoms with Crippen LogP contribution in [0.1, 0.15) is 33.1 Å². The van der Waals surface area contributed by atoms with E-state index in [0.29, 0.717) is 13.1 Å². The summed E-state index contributed by atoms with van der Waals surface area (Å²) < 4.78 is 4.70. The maximum absolute atomic E-state index is 11.3. The number of nitrogens with one attached hydrogen (secondary N) is 1. The number of hydrogen-bond acceptors (Lipinski definition) is 4. The van der Waals surface area contributed by atoms with Crippen LogP contribution in [0.2, 0.25) is 0 Å². The average Bonchev–Trinajstić information content (AvgIpc) is 2.13. The molecule has 0 saturated heterocycles. The monoisotopic (exact) mass is 215 g/mol. The second-order valence-electron chi connectivity index (χ2n) is 5.06. The predicted octanol–water partition coefficient (Wildman–Crippen LogP) is 0.690. The van der Waals surface area contributed by atoms with Gasteiger partial charge in [0.1, 0.15) is 0 Å². The highest BCUT2D eigenvalue weighted by molar-refractivity contribution is 5.76. The molecule has 0 unspecified atom stereocenters. The summed E-state index contributed by atoms with van der Waals surface area (Å²) in [7, 11) is 1.39. The van der Waals surface area contributed by atoms with E-state index in [4.69, 9.17) is 4.74 Å². The highest BCUT2D eigenvalue weighted by atomic mass is 16.5. The van der Waals surface area contributed by atoms with Crippen molar-refractivity contribution in [1.82, 2.24) is 5.32 Å². The molecule has 4 heteroatoms. The molecule has 1 aliphatic rings. The van der Waals surface area contributed by atoms with Gasteiger partial charge in [0.25, 0.3) is 0 Å². The zero-order valence-electron chi connectivity index (χ0n) is 9.80. The Hall–Kier alpha value is -0.610. The summed E-state index contributed by atoms with van der Waals surface area (Å²) in [5.41, 5.74) is -1.07. The first-order valence-electron chi connectivity index (χ1n) is 5.41. The lowest BCUT2D eigenvalue weighted by atomic mass is 9.80. The fourth-order valence-corrected chi connectivity index (χ4v) is 1.72. The smallest absolute Gasteiger partial charge is 0.312 e. The predicted molar refractivity (Wildman–Crippen MR) is 57.5 cm³/mol. The zero-order chi connectivity index (χ0) is 11.5. The van der Waals surface area contributed by atoms with Crippen LogP contribution in [0, 0.1) is 5.41 Å². The van der Waals surface area contributed by atoms with Gasteiger partial charge in [0, 0.05) is 13.1 Å². The zero-order valence-corrected chi connectivity index (χ0v) is 9.80. The SMILES string of the molecule is COC(=O)C(C)(C)CNCC1(O)CCC1. The lowest BCUT2D eigenvalue weighted by molar-refractivity contribution is -0.150. The molecule has 0 atom stereocenters. The van der Waals surface area contributed by atoms with Crippen molar-refractivity contribution >= 4 is 5.97 Å². The number of methoxy groups -OCH3 is 1. The number of ether oxygens (including phenoxy) is 1. The highest BCUT2D eigenvalue weighted by Gasteiger charge is 2.35. The molecule has 0 aromatic rings. The van der Waals surface area contributed by atoms with E-state index in [0.717, 1.165) is 19.3 Å². The fourth-order valence-electron chi connectivity index (χ4n) is 1.72. The molecule has 1 fully saturated rings. The van der Waals surface area contributed by atoms with E-state index in [1.165, 1.54) is 7.11 Å².